The highest BCUT2D eigenvalue weighted by Gasteiger charge is 2.43. The van der Waals surface area contributed by atoms with Gasteiger partial charge in [0.15, 0.2) is 23.0 Å². The number of pyridine rings is 1. The number of phosphoric ester groups is 1. The summed E-state index contributed by atoms with van der Waals surface area (Å²) in [5.74, 6) is -2.58. The van der Waals surface area contributed by atoms with Crippen molar-refractivity contribution in [1.82, 2.24) is 24.5 Å². The van der Waals surface area contributed by atoms with Crippen molar-refractivity contribution < 1.29 is 40.8 Å². The molecule has 236 valence electrons. The number of phosphoric acid groups is 1. The molecule has 1 aromatic carbocycles. The first-order valence-corrected chi connectivity index (χ1v) is 14.6. The van der Waals surface area contributed by atoms with Crippen molar-refractivity contribution in [3.8, 4) is 17.0 Å². The number of benzene rings is 1. The monoisotopic (exact) mass is 640 g/mol. The number of aliphatic hydroxyl groups excluding tert-OH is 1. The molecule has 0 saturated carbocycles. The number of aliphatic hydroxyl groups is 1. The van der Waals surface area contributed by atoms with E-state index in [1.165, 1.54) is 24.9 Å². The molecule has 1 saturated heterocycles. The Labute approximate surface area is 248 Å². The maximum absolute atomic E-state index is 15.4. The number of fused-ring (bicyclic) bond motifs is 1. The van der Waals surface area contributed by atoms with Gasteiger partial charge in [-0.2, -0.15) is 0 Å². The number of imidazole rings is 1. The van der Waals surface area contributed by atoms with Gasteiger partial charge >= 0.3 is 7.82 Å². The van der Waals surface area contributed by atoms with Gasteiger partial charge in [0, 0.05) is 38.9 Å². The van der Waals surface area contributed by atoms with Crippen LogP contribution >= 0.6 is 7.82 Å². The molecule has 3 aromatic heterocycles. The minimum atomic E-state index is -4.18. The van der Waals surface area contributed by atoms with Gasteiger partial charge in [0.25, 0.3) is 6.43 Å². The second kappa shape index (κ2) is 12.2. The highest BCUT2D eigenvalue weighted by molar-refractivity contribution is 7.48. The lowest BCUT2D eigenvalue weighted by molar-refractivity contribution is -0.0529. The van der Waals surface area contributed by atoms with Crippen LogP contribution in [0.1, 0.15) is 18.4 Å². The van der Waals surface area contributed by atoms with E-state index < -0.39 is 43.3 Å². The third kappa shape index (κ3) is 6.05. The average Bonchev–Trinajstić information content (AvgIpc) is 3.42. The van der Waals surface area contributed by atoms with Gasteiger partial charge in [-0.15, -0.1) is 0 Å². The lowest BCUT2D eigenvalue weighted by atomic mass is 9.84. The molecule has 0 spiro atoms. The number of nitrogens with two attached hydrogens (primary N) is 2. The lowest BCUT2D eigenvalue weighted by Crippen LogP contribution is -2.63. The summed E-state index contributed by atoms with van der Waals surface area (Å²) in [5, 5.41) is 10.2. The molecule has 5 rings (SSSR count). The Hall–Kier alpha value is -3.89. The van der Waals surface area contributed by atoms with Gasteiger partial charge in [-0.25, -0.2) is 37.1 Å². The number of nitrogens with zero attached hydrogens (tertiary/aromatic N) is 6. The molecule has 13 nitrogen and oxygen atoms in total. The summed E-state index contributed by atoms with van der Waals surface area (Å²) in [6.45, 7) is 0.344. The van der Waals surface area contributed by atoms with E-state index in [4.69, 9.17) is 16.0 Å². The van der Waals surface area contributed by atoms with Gasteiger partial charge in [-0.05, 0) is 30.5 Å². The largest absolute Gasteiger partial charge is 0.529 e. The van der Waals surface area contributed by atoms with Crippen molar-refractivity contribution in [2.45, 2.75) is 37.5 Å². The predicted molar refractivity (Wildman–Crippen MR) is 151 cm³/mol. The van der Waals surface area contributed by atoms with E-state index in [1.807, 2.05) is 0 Å². The molecule has 1 aliphatic rings. The van der Waals surface area contributed by atoms with E-state index in [1.54, 1.807) is 9.47 Å². The fraction of sp³-hybridized carbons (Fsp3) is 0.385. The van der Waals surface area contributed by atoms with Crippen LogP contribution in [0.4, 0.5) is 29.1 Å². The van der Waals surface area contributed by atoms with Crippen LogP contribution in [-0.4, -0.2) is 75.0 Å². The van der Waals surface area contributed by atoms with Crippen LogP contribution in [0.15, 0.2) is 37.1 Å². The van der Waals surface area contributed by atoms with Crippen LogP contribution in [0.3, 0.4) is 0 Å². The number of halogens is 4. The number of nitrogen functional groups attached to an aromatic ring is 1. The summed E-state index contributed by atoms with van der Waals surface area (Å²) in [6.07, 6.45) is -0.429. The summed E-state index contributed by atoms with van der Waals surface area (Å²) in [7, 11) is -2.13. The standard InChI is InChI=1S/C26H29F4N8O5P/c1-41-44(40,42-2)43-20-8-16(27)15(7-17(20)28)18-6-14(10-38-13-36-21-24(31)34-12-35-25(21)38)19(9-33-18)37-5-3-4-26(32,11-37)22(39)23(29)30/h6-9,12-13,22-23,39H,3-5,10-11,32H2,1-2H3,(H2,31,34,35)/t22-,26-/m1/s1. The summed E-state index contributed by atoms with van der Waals surface area (Å²) in [4.78, 5) is 18.5. The van der Waals surface area contributed by atoms with Crippen molar-refractivity contribution >= 4 is 30.5 Å². The van der Waals surface area contributed by atoms with E-state index in [-0.39, 0.29) is 36.6 Å². The Bertz CT molecular complexity index is 1720. The van der Waals surface area contributed by atoms with Gasteiger partial charge in [0.1, 0.15) is 23.8 Å². The van der Waals surface area contributed by atoms with Crippen molar-refractivity contribution in [2.24, 2.45) is 5.73 Å². The third-order valence-corrected chi connectivity index (χ3v) is 8.73. The minimum absolute atomic E-state index is 0.00978. The normalized spacial score (nSPS) is 18.2. The number of aromatic nitrogens is 5. The Kier molecular flexibility index (Phi) is 8.77. The van der Waals surface area contributed by atoms with Crippen LogP contribution in [0.25, 0.3) is 22.4 Å². The Morgan fingerprint density at radius 3 is 2.57 bits per heavy atom. The zero-order valence-electron chi connectivity index (χ0n) is 23.5. The maximum atomic E-state index is 15.4. The van der Waals surface area contributed by atoms with Crippen molar-refractivity contribution in [1.29, 1.82) is 0 Å². The van der Waals surface area contributed by atoms with Crippen LogP contribution in [-0.2, 0) is 20.2 Å². The number of rotatable bonds is 10. The highest BCUT2D eigenvalue weighted by Crippen LogP contribution is 2.49. The molecule has 2 atom stereocenters. The van der Waals surface area contributed by atoms with Gasteiger partial charge in [-0.1, -0.05) is 0 Å². The smallest absolute Gasteiger partial charge is 0.401 e. The minimum Gasteiger partial charge on any atom is -0.401 e. The number of piperidine rings is 1. The van der Waals surface area contributed by atoms with E-state index in [9.17, 15) is 18.5 Å². The molecule has 1 fully saturated rings. The van der Waals surface area contributed by atoms with E-state index in [0.29, 0.717) is 41.4 Å². The van der Waals surface area contributed by atoms with Crippen LogP contribution < -0.4 is 20.9 Å². The highest BCUT2D eigenvalue weighted by atomic mass is 31.2. The van der Waals surface area contributed by atoms with Crippen molar-refractivity contribution in [3.05, 3.63) is 54.2 Å². The number of hydrogen-bond donors (Lipinski definition) is 3. The van der Waals surface area contributed by atoms with Gasteiger partial charge in [-0.3, -0.25) is 14.0 Å². The Morgan fingerprint density at radius 2 is 1.86 bits per heavy atom. The van der Waals surface area contributed by atoms with Gasteiger partial charge in [0.05, 0.1) is 36.0 Å². The molecule has 0 amide bonds. The Balaban J connectivity index is 1.58. The van der Waals surface area contributed by atoms with Crippen molar-refractivity contribution in [3.63, 3.8) is 0 Å². The summed E-state index contributed by atoms with van der Waals surface area (Å²) in [5.41, 5.74) is 12.0. The molecule has 4 heterocycles. The number of alkyl halides is 2. The first kappa shape index (κ1) is 31.5. The molecular weight excluding hydrogens is 611 g/mol. The molecule has 1 aliphatic heterocycles. The van der Waals surface area contributed by atoms with E-state index >= 15 is 8.78 Å². The Morgan fingerprint density at radius 1 is 1.11 bits per heavy atom. The summed E-state index contributed by atoms with van der Waals surface area (Å²) < 4.78 is 85.5. The predicted octanol–water partition coefficient (Wildman–Crippen LogP) is 3.50. The first-order valence-electron chi connectivity index (χ1n) is 13.2. The molecule has 0 aliphatic carbocycles. The van der Waals surface area contributed by atoms with Crippen LogP contribution in [0, 0.1) is 11.6 Å². The van der Waals surface area contributed by atoms with Crippen LogP contribution in [0.2, 0.25) is 0 Å². The van der Waals surface area contributed by atoms with Gasteiger partial charge < -0.3 is 30.6 Å². The number of anilines is 2. The second-order valence-electron chi connectivity index (χ2n) is 10.2. The average molecular weight is 641 g/mol. The SMILES string of the molecule is COP(=O)(OC)Oc1cc(F)c(-c2cc(Cn3cnc4c(N)ncnc43)c(N3CCC[C@](N)([C@H](O)C(F)F)C3)cn2)cc1F. The molecule has 5 N–H and O–H groups in total. The van der Waals surface area contributed by atoms with Crippen molar-refractivity contribution in [2.75, 3.05) is 37.9 Å². The topological polar surface area (TPSA) is 177 Å². The maximum Gasteiger partial charge on any atom is 0.529 e. The number of hydrogen-bond acceptors (Lipinski definition) is 12. The molecule has 0 radical (unpaired) electrons. The first-order chi connectivity index (χ1) is 20.9. The fourth-order valence-corrected chi connectivity index (χ4v) is 5.80. The van der Waals surface area contributed by atoms with Gasteiger partial charge in [0.2, 0.25) is 0 Å². The molecular formula is C26H29F4N8O5P. The molecule has 44 heavy (non-hydrogen) atoms. The van der Waals surface area contributed by atoms with E-state index in [2.05, 4.69) is 29.0 Å². The second-order valence-corrected chi connectivity index (χ2v) is 12.0. The molecule has 4 aromatic rings. The molecule has 0 unspecified atom stereocenters. The fourth-order valence-electron chi connectivity index (χ4n) is 5.12. The zero-order valence-corrected chi connectivity index (χ0v) is 24.4. The van der Waals surface area contributed by atoms with Crippen LogP contribution in [0.5, 0.6) is 5.75 Å². The quantitative estimate of drug-likeness (QED) is 0.170. The molecule has 0 bridgehead atoms. The summed E-state index contributed by atoms with van der Waals surface area (Å²) in [6, 6.07) is 3.00. The third-order valence-electron chi connectivity index (χ3n) is 7.41. The summed E-state index contributed by atoms with van der Waals surface area (Å²) >= 11 is 0. The van der Waals surface area contributed by atoms with E-state index in [0.717, 1.165) is 20.3 Å². The molecule has 18 heteroatoms. The zero-order chi connectivity index (χ0) is 31.8. The lowest BCUT2D eigenvalue weighted by Gasteiger charge is -2.44.